The summed E-state index contributed by atoms with van der Waals surface area (Å²) in [5.41, 5.74) is 2.24. The second kappa shape index (κ2) is 13.7. The molecule has 0 radical (unpaired) electrons. The third-order valence-corrected chi connectivity index (χ3v) is 8.75. The zero-order chi connectivity index (χ0) is 29.5. The Bertz CT molecular complexity index is 1370. The molecule has 14 heteroatoms. The van der Waals surface area contributed by atoms with Crippen LogP contribution in [0.25, 0.3) is 0 Å². The molecule has 2 aliphatic heterocycles. The van der Waals surface area contributed by atoms with Gasteiger partial charge in [0.15, 0.2) is 0 Å². The molecule has 2 saturated heterocycles. The van der Waals surface area contributed by atoms with E-state index < -0.39 is 12.1 Å². The van der Waals surface area contributed by atoms with E-state index in [-0.39, 0.29) is 23.6 Å². The maximum Gasteiger partial charge on any atom is 0.416 e. The molecule has 0 spiro atoms. The number of carbonyl (C=O) groups is 3. The van der Waals surface area contributed by atoms with Crippen LogP contribution in [-0.2, 0) is 17.9 Å². The molecule has 1 aromatic carbocycles. The minimum absolute atomic E-state index is 0.138. The molecule has 0 atom stereocenters. The van der Waals surface area contributed by atoms with E-state index in [0.29, 0.717) is 42.3 Å². The van der Waals surface area contributed by atoms with Crippen molar-refractivity contribution in [2.24, 2.45) is 5.92 Å². The van der Waals surface area contributed by atoms with E-state index in [0.717, 1.165) is 25.6 Å². The minimum atomic E-state index is -1.02. The van der Waals surface area contributed by atoms with Crippen LogP contribution in [0.3, 0.4) is 0 Å². The van der Waals surface area contributed by atoms with Crippen LogP contribution in [-0.4, -0.2) is 89.5 Å². The summed E-state index contributed by atoms with van der Waals surface area (Å²) >= 11 is 1.41. The van der Waals surface area contributed by atoms with E-state index in [9.17, 15) is 14.4 Å². The van der Waals surface area contributed by atoms with Crippen molar-refractivity contribution in [2.75, 3.05) is 31.5 Å². The van der Waals surface area contributed by atoms with Gasteiger partial charge in [-0.15, -0.1) is 5.10 Å². The Kier molecular flexibility index (Phi) is 9.64. The van der Waals surface area contributed by atoms with E-state index in [2.05, 4.69) is 37.6 Å². The van der Waals surface area contributed by atoms with Gasteiger partial charge in [-0.1, -0.05) is 30.8 Å². The second-order valence-corrected chi connectivity index (χ2v) is 11.9. The van der Waals surface area contributed by atoms with Gasteiger partial charge < -0.3 is 20.1 Å². The van der Waals surface area contributed by atoms with E-state index in [1.165, 1.54) is 41.0 Å². The van der Waals surface area contributed by atoms with Crippen LogP contribution in [0.1, 0.15) is 48.5 Å². The molecule has 42 heavy (non-hydrogen) atoms. The molecule has 0 bridgehead atoms. The highest BCUT2D eigenvalue weighted by Crippen LogP contribution is 2.29. The van der Waals surface area contributed by atoms with Crippen LogP contribution in [0.2, 0.25) is 0 Å². The number of pyridine rings is 1. The normalized spacial score (nSPS) is 16.7. The number of nitrogens with zero attached hydrogens (tertiary/aromatic N) is 7. The Morgan fingerprint density at radius 1 is 1.02 bits per heavy atom. The first kappa shape index (κ1) is 29.5. The van der Waals surface area contributed by atoms with Gasteiger partial charge in [0.1, 0.15) is 6.54 Å². The van der Waals surface area contributed by atoms with Gasteiger partial charge in [0.2, 0.25) is 11.0 Å². The molecular weight excluding hydrogens is 560 g/mol. The van der Waals surface area contributed by atoms with Gasteiger partial charge in [0, 0.05) is 36.5 Å². The smallest absolute Gasteiger partial charge is 0.416 e. The number of benzene rings is 1. The number of rotatable bonds is 9. The zero-order valence-corrected chi connectivity index (χ0v) is 24.2. The number of thioether (sulfide) groups is 1. The number of carboxylic acid groups (broad SMARTS) is 1. The third-order valence-electron chi connectivity index (χ3n) is 7.44. The fourth-order valence-corrected chi connectivity index (χ4v) is 5.98. The predicted octanol–water partition coefficient (Wildman–Crippen LogP) is 3.39. The van der Waals surface area contributed by atoms with Gasteiger partial charge >= 0.3 is 12.1 Å². The number of aliphatic carboxylic acids is 1. The molecule has 222 valence electrons. The first-order valence-corrected chi connectivity index (χ1v) is 14.9. The lowest BCUT2D eigenvalue weighted by atomic mass is 9.99. The van der Waals surface area contributed by atoms with Crippen molar-refractivity contribution in [2.45, 2.75) is 56.1 Å². The Labute approximate surface area is 247 Å². The van der Waals surface area contributed by atoms with Gasteiger partial charge in [-0.25, -0.2) is 14.5 Å². The van der Waals surface area contributed by atoms with E-state index >= 15 is 0 Å². The number of carboxylic acids is 1. The Morgan fingerprint density at radius 2 is 1.76 bits per heavy atom. The summed E-state index contributed by atoms with van der Waals surface area (Å²) in [6.45, 7) is 6.06. The minimum Gasteiger partial charge on any atom is -0.480 e. The number of ether oxygens (including phenoxy) is 1. The number of piperidine rings is 2. The number of carbonyl (C=O) groups excluding carboxylic acids is 2. The number of tetrazole rings is 1. The molecule has 2 aromatic heterocycles. The van der Waals surface area contributed by atoms with Crippen LogP contribution in [0.15, 0.2) is 47.8 Å². The maximum atomic E-state index is 12.7. The van der Waals surface area contributed by atoms with Crippen molar-refractivity contribution >= 4 is 35.4 Å². The first-order chi connectivity index (χ1) is 20.3. The highest BCUT2D eigenvalue weighted by Gasteiger charge is 2.27. The van der Waals surface area contributed by atoms with Gasteiger partial charge in [0.05, 0.1) is 11.9 Å². The summed E-state index contributed by atoms with van der Waals surface area (Å²) in [6.07, 6.45) is 4.77. The number of hydrogen-bond acceptors (Lipinski definition) is 10. The molecule has 0 aliphatic carbocycles. The third kappa shape index (κ3) is 8.03. The lowest BCUT2D eigenvalue weighted by Crippen LogP contribution is -2.41. The molecule has 2 aliphatic rings. The summed E-state index contributed by atoms with van der Waals surface area (Å²) in [5, 5.41) is 23.6. The SMILES string of the molecule is CC1CCN(Cc2ccc(C(=O)Nc3ccc(OC(=O)N4CCC(Sc5nnnn5CC(=O)O)CC4)nc3)cc2)CC1. The van der Waals surface area contributed by atoms with Gasteiger partial charge in [-0.05, 0) is 78.9 Å². The fourth-order valence-electron chi connectivity index (χ4n) is 4.93. The monoisotopic (exact) mass is 594 g/mol. The molecule has 0 unspecified atom stereocenters. The maximum absolute atomic E-state index is 12.7. The van der Waals surface area contributed by atoms with Crippen LogP contribution in [0.4, 0.5) is 10.5 Å². The van der Waals surface area contributed by atoms with Crippen molar-refractivity contribution in [3.63, 3.8) is 0 Å². The van der Waals surface area contributed by atoms with Crippen molar-refractivity contribution in [3.8, 4) is 5.88 Å². The number of nitrogens with one attached hydrogen (secondary N) is 1. The summed E-state index contributed by atoms with van der Waals surface area (Å²) < 4.78 is 6.68. The summed E-state index contributed by atoms with van der Waals surface area (Å²) in [6, 6.07) is 10.8. The fraction of sp³-hybridized carbons (Fsp3) is 0.464. The lowest BCUT2D eigenvalue weighted by Gasteiger charge is -2.30. The molecule has 2 amide bonds. The van der Waals surface area contributed by atoms with Gasteiger partial charge in [-0.2, -0.15) is 0 Å². The summed E-state index contributed by atoms with van der Waals surface area (Å²) in [5.74, 6) is -0.324. The van der Waals surface area contributed by atoms with Crippen molar-refractivity contribution in [1.29, 1.82) is 0 Å². The van der Waals surface area contributed by atoms with Crippen LogP contribution in [0.5, 0.6) is 5.88 Å². The standard InChI is InChI=1S/C28H34N8O5S/c1-19-8-12-34(13-9-19)17-20-2-4-21(5-3-20)26(39)30-22-6-7-24(29-16-22)41-28(40)35-14-10-23(11-15-35)42-27-31-32-33-36(27)18-25(37)38/h2-7,16,19,23H,8-15,17-18H2,1H3,(H,30,39)(H,37,38). The molecule has 0 saturated carbocycles. The largest absolute Gasteiger partial charge is 0.480 e. The number of aromatic nitrogens is 5. The van der Waals surface area contributed by atoms with Crippen molar-refractivity contribution in [1.82, 2.24) is 35.0 Å². The number of hydrogen-bond donors (Lipinski definition) is 2. The van der Waals surface area contributed by atoms with Crippen LogP contribution < -0.4 is 10.1 Å². The zero-order valence-electron chi connectivity index (χ0n) is 23.4. The molecule has 2 N–H and O–H groups in total. The second-order valence-electron chi connectivity index (χ2n) is 10.7. The van der Waals surface area contributed by atoms with Crippen LogP contribution in [0, 0.1) is 5.92 Å². The average molecular weight is 595 g/mol. The molecule has 5 rings (SSSR count). The number of likely N-dealkylation sites (tertiary alicyclic amines) is 2. The van der Waals surface area contributed by atoms with Crippen molar-refractivity contribution in [3.05, 3.63) is 53.7 Å². The highest BCUT2D eigenvalue weighted by atomic mass is 32.2. The molecule has 13 nitrogen and oxygen atoms in total. The Balaban J connectivity index is 1.05. The Hall–Kier alpha value is -4.04. The molecule has 4 heterocycles. The van der Waals surface area contributed by atoms with Crippen molar-refractivity contribution < 1.29 is 24.2 Å². The summed E-state index contributed by atoms with van der Waals surface area (Å²) in [4.78, 5) is 44.6. The van der Waals surface area contributed by atoms with Gasteiger partial charge in [0.25, 0.3) is 5.91 Å². The van der Waals surface area contributed by atoms with Crippen LogP contribution >= 0.6 is 11.8 Å². The highest BCUT2D eigenvalue weighted by molar-refractivity contribution is 7.99. The van der Waals surface area contributed by atoms with E-state index in [1.807, 2.05) is 24.3 Å². The molecular formula is C28H34N8O5S. The number of amides is 2. The quantitative estimate of drug-likeness (QED) is 0.374. The first-order valence-electron chi connectivity index (χ1n) is 14.0. The average Bonchev–Trinajstić information content (AvgIpc) is 3.41. The van der Waals surface area contributed by atoms with E-state index in [4.69, 9.17) is 9.84 Å². The topological polar surface area (TPSA) is 156 Å². The molecule has 3 aromatic rings. The lowest BCUT2D eigenvalue weighted by molar-refractivity contribution is -0.138. The predicted molar refractivity (Wildman–Crippen MR) is 154 cm³/mol. The Morgan fingerprint density at radius 3 is 2.43 bits per heavy atom. The van der Waals surface area contributed by atoms with E-state index in [1.54, 1.807) is 17.0 Å². The van der Waals surface area contributed by atoms with Gasteiger partial charge in [-0.3, -0.25) is 14.5 Å². The number of anilines is 1. The molecule has 2 fully saturated rings. The summed E-state index contributed by atoms with van der Waals surface area (Å²) in [7, 11) is 0.